The van der Waals surface area contributed by atoms with Gasteiger partial charge in [0.05, 0.1) is 0 Å². The molecule has 0 unspecified atom stereocenters. The first-order valence-electron chi connectivity index (χ1n) is 10.5. The maximum atomic E-state index is 12.9. The van der Waals surface area contributed by atoms with E-state index in [0.29, 0.717) is 43.8 Å². The minimum absolute atomic E-state index is 0.0741. The van der Waals surface area contributed by atoms with Gasteiger partial charge < -0.3 is 13.8 Å². The summed E-state index contributed by atoms with van der Waals surface area (Å²) in [5, 5.41) is 8.79. The van der Waals surface area contributed by atoms with Gasteiger partial charge >= 0.3 is 10.1 Å². The summed E-state index contributed by atoms with van der Waals surface area (Å²) in [4.78, 5) is 14.5. The van der Waals surface area contributed by atoms with E-state index in [1.807, 2.05) is 12.1 Å². The van der Waals surface area contributed by atoms with Crippen molar-refractivity contribution in [2.45, 2.75) is 43.3 Å². The highest BCUT2D eigenvalue weighted by Crippen LogP contribution is 2.47. The molecule has 2 aliphatic carbocycles. The fourth-order valence-corrected chi connectivity index (χ4v) is 5.35. The minimum atomic E-state index is -3.76. The van der Waals surface area contributed by atoms with Crippen LogP contribution in [-0.2, 0) is 26.1 Å². The first kappa shape index (κ1) is 21.6. The molecule has 4 rings (SSSR count). The number of hydrogen-bond acceptors (Lipinski definition) is 7. The van der Waals surface area contributed by atoms with Crippen molar-refractivity contribution < 1.29 is 22.1 Å². The molecule has 1 aromatic carbocycles. The number of rotatable bonds is 7. The number of allylic oxidation sites excluding steroid dienone is 2. The monoisotopic (exact) mass is 442 g/mol. The van der Waals surface area contributed by atoms with Gasteiger partial charge in [0.1, 0.15) is 22.6 Å². The zero-order valence-electron chi connectivity index (χ0n) is 17.8. The lowest BCUT2D eigenvalue weighted by Crippen LogP contribution is -2.32. The van der Waals surface area contributed by atoms with Crippen LogP contribution in [0.1, 0.15) is 48.3 Å². The third kappa shape index (κ3) is 4.68. The van der Waals surface area contributed by atoms with Crippen molar-refractivity contribution in [1.82, 2.24) is 4.90 Å². The predicted octanol–water partition coefficient (Wildman–Crippen LogP) is 2.93. The Bertz CT molecular complexity index is 1100. The van der Waals surface area contributed by atoms with Crippen molar-refractivity contribution in [3.8, 4) is 11.8 Å². The second kappa shape index (κ2) is 8.48. The van der Waals surface area contributed by atoms with Gasteiger partial charge in [-0.25, -0.2) is 0 Å². The van der Waals surface area contributed by atoms with Gasteiger partial charge in [0, 0.05) is 45.5 Å². The molecule has 1 saturated carbocycles. The lowest BCUT2D eigenvalue weighted by Gasteiger charge is -2.23. The second-order valence-electron chi connectivity index (χ2n) is 8.54. The van der Waals surface area contributed by atoms with E-state index in [1.54, 1.807) is 31.1 Å². The molecule has 0 radical (unpaired) electrons. The molecule has 3 aliphatic rings. The minimum Gasteiger partial charge on any atom is -0.382 e. The third-order valence-electron chi connectivity index (χ3n) is 5.83. The van der Waals surface area contributed by atoms with Gasteiger partial charge in [0.25, 0.3) is 0 Å². The second-order valence-corrected chi connectivity index (χ2v) is 10.4. The molecule has 0 N–H and O–H groups in total. The number of nitriles is 1. The summed E-state index contributed by atoms with van der Waals surface area (Å²) < 4.78 is 36.7. The Kier molecular flexibility index (Phi) is 5.91. The van der Waals surface area contributed by atoms with Gasteiger partial charge in [-0.15, -0.1) is 0 Å². The molecular weight excluding hydrogens is 416 g/mol. The summed E-state index contributed by atoms with van der Waals surface area (Å²) in [7, 11) is -0.251. The molecule has 1 aromatic rings. The number of fused-ring (bicyclic) bond motifs is 1. The van der Waals surface area contributed by atoms with Gasteiger partial charge in [0.15, 0.2) is 0 Å². The summed E-state index contributed by atoms with van der Waals surface area (Å²) >= 11 is 0. The van der Waals surface area contributed by atoms with Crippen molar-refractivity contribution in [1.29, 1.82) is 5.26 Å². The van der Waals surface area contributed by atoms with Crippen molar-refractivity contribution in [3.05, 3.63) is 46.2 Å². The quantitative estimate of drug-likeness (QED) is 0.364. The van der Waals surface area contributed by atoms with E-state index < -0.39 is 15.4 Å². The molecule has 2 fully saturated rings. The fourth-order valence-electron chi connectivity index (χ4n) is 4.05. The molecular formula is C23H26N2O5S. The van der Waals surface area contributed by atoms with Gasteiger partial charge in [-0.2, -0.15) is 13.7 Å². The van der Waals surface area contributed by atoms with Crippen LogP contribution in [0.3, 0.4) is 0 Å². The van der Waals surface area contributed by atoms with Crippen molar-refractivity contribution in [2.75, 3.05) is 27.3 Å². The van der Waals surface area contributed by atoms with E-state index in [0.717, 1.165) is 29.5 Å². The summed E-state index contributed by atoms with van der Waals surface area (Å²) in [5.41, 5.74) is 3.21. The molecule has 164 valence electrons. The van der Waals surface area contributed by atoms with Gasteiger partial charge in [-0.1, -0.05) is 0 Å². The van der Waals surface area contributed by atoms with Gasteiger partial charge in [0.2, 0.25) is 5.78 Å². The Morgan fingerprint density at radius 3 is 2.55 bits per heavy atom. The Labute approximate surface area is 183 Å². The summed E-state index contributed by atoms with van der Waals surface area (Å²) in [6, 6.07) is 5.68. The van der Waals surface area contributed by atoms with Crippen LogP contribution in [0.2, 0.25) is 0 Å². The van der Waals surface area contributed by atoms with Crippen LogP contribution < -0.4 is 4.18 Å². The number of ketones is 1. The van der Waals surface area contributed by atoms with E-state index >= 15 is 0 Å². The van der Waals surface area contributed by atoms with E-state index in [9.17, 15) is 18.5 Å². The zero-order chi connectivity index (χ0) is 22.2. The Balaban J connectivity index is 1.61. The number of hydrogen-bond donors (Lipinski definition) is 0. The molecule has 1 heterocycles. The first-order chi connectivity index (χ1) is 14.8. The smallest absolute Gasteiger partial charge is 0.312 e. The fraction of sp³-hybridized carbons (Fsp3) is 0.478. The molecule has 8 heteroatoms. The van der Waals surface area contributed by atoms with Crippen LogP contribution in [-0.4, -0.2) is 51.7 Å². The molecule has 0 aromatic heterocycles. The summed E-state index contributed by atoms with van der Waals surface area (Å²) in [5.74, 6) is 0.346. The number of ether oxygens (including phenoxy) is 1. The topological polar surface area (TPSA) is 96.7 Å². The number of nitrogens with zero attached hydrogens (tertiary/aromatic N) is 2. The van der Waals surface area contributed by atoms with Crippen molar-refractivity contribution in [3.63, 3.8) is 0 Å². The van der Waals surface area contributed by atoms with E-state index in [4.69, 9.17) is 8.92 Å². The van der Waals surface area contributed by atoms with E-state index in [1.165, 1.54) is 6.20 Å². The number of carbonyl (C=O) groups excluding carboxylic acids is 1. The Hall–Kier alpha value is -2.63. The molecule has 1 aliphatic heterocycles. The Morgan fingerprint density at radius 1 is 1.23 bits per heavy atom. The lowest BCUT2D eigenvalue weighted by molar-refractivity contribution is -0.111. The Morgan fingerprint density at radius 2 is 1.94 bits per heavy atom. The summed E-state index contributed by atoms with van der Waals surface area (Å²) in [6.45, 7) is 0.841. The molecule has 0 amide bonds. The maximum absolute atomic E-state index is 12.9. The maximum Gasteiger partial charge on any atom is 0.312 e. The standard InChI is InChI=1S/C23H26N2O5S/c1-25(2)14-19(13-24)23(26)18-9-16-11-21(15-3-4-15)22(12-17(16)10-18)30-31(27,28)20-5-7-29-8-6-20/h9,11-12,14-15,20H,3-8,10H2,1-2H3/b19-14+. The highest BCUT2D eigenvalue weighted by Gasteiger charge is 2.34. The van der Waals surface area contributed by atoms with E-state index in [-0.39, 0.29) is 17.3 Å². The lowest BCUT2D eigenvalue weighted by atomic mass is 10.0. The van der Waals surface area contributed by atoms with Crippen LogP contribution in [0.15, 0.2) is 29.5 Å². The SMILES string of the molecule is CN(C)/C=C(\C#N)C(=O)C1=Cc2cc(C3CC3)c(OS(=O)(=O)C3CCOCC3)cc2C1. The molecule has 0 spiro atoms. The van der Waals surface area contributed by atoms with Crippen LogP contribution in [0, 0.1) is 11.3 Å². The number of benzene rings is 1. The van der Waals surface area contributed by atoms with Crippen LogP contribution in [0.5, 0.6) is 5.75 Å². The summed E-state index contributed by atoms with van der Waals surface area (Å²) in [6.07, 6.45) is 6.51. The highest BCUT2D eigenvalue weighted by molar-refractivity contribution is 7.87. The van der Waals surface area contributed by atoms with Crippen LogP contribution in [0.4, 0.5) is 0 Å². The normalized spacial score (nSPS) is 19.4. The third-order valence-corrected chi connectivity index (χ3v) is 7.53. The van der Waals surface area contributed by atoms with Crippen LogP contribution >= 0.6 is 0 Å². The molecule has 31 heavy (non-hydrogen) atoms. The molecule has 1 saturated heterocycles. The van der Waals surface area contributed by atoms with Gasteiger partial charge in [-0.3, -0.25) is 4.79 Å². The average molecular weight is 443 g/mol. The first-order valence-corrected chi connectivity index (χ1v) is 12.0. The van der Waals surface area contributed by atoms with Gasteiger partial charge in [-0.05, 0) is 66.5 Å². The predicted molar refractivity (Wildman–Crippen MR) is 116 cm³/mol. The van der Waals surface area contributed by atoms with Crippen LogP contribution in [0.25, 0.3) is 6.08 Å². The molecule has 7 nitrogen and oxygen atoms in total. The molecule has 0 atom stereocenters. The highest BCUT2D eigenvalue weighted by atomic mass is 32.2. The molecule has 0 bridgehead atoms. The number of Topliss-reactive ketones (excluding diaryl/α,β-unsaturated/α-hetero) is 1. The average Bonchev–Trinajstić information content (AvgIpc) is 3.50. The van der Waals surface area contributed by atoms with Crippen molar-refractivity contribution in [2.24, 2.45) is 0 Å². The largest absolute Gasteiger partial charge is 0.382 e. The zero-order valence-corrected chi connectivity index (χ0v) is 18.6. The van der Waals surface area contributed by atoms with Crippen molar-refractivity contribution >= 4 is 22.0 Å². The van der Waals surface area contributed by atoms with E-state index in [2.05, 4.69) is 0 Å². The number of carbonyl (C=O) groups is 1.